The van der Waals surface area contributed by atoms with Crippen LogP contribution < -0.4 is 0 Å². The molecular formula is C14H12O. The van der Waals surface area contributed by atoms with E-state index in [2.05, 4.69) is 6.08 Å². The molecule has 0 aliphatic heterocycles. The summed E-state index contributed by atoms with van der Waals surface area (Å²) in [5, 5.41) is 0. The molecule has 0 N–H and O–H groups in total. The highest BCUT2D eigenvalue weighted by Gasteiger charge is 2.08. The molecule has 0 aromatic heterocycles. The summed E-state index contributed by atoms with van der Waals surface area (Å²) < 4.78 is 0. The predicted octanol–water partition coefficient (Wildman–Crippen LogP) is 3.05. The summed E-state index contributed by atoms with van der Waals surface area (Å²) in [5.74, 6) is 0.0746. The minimum Gasteiger partial charge on any atom is -0.289 e. The highest BCUT2D eigenvalue weighted by molar-refractivity contribution is 6.07. The van der Waals surface area contributed by atoms with Crippen molar-refractivity contribution in [2.75, 3.05) is 0 Å². The van der Waals surface area contributed by atoms with Crippen molar-refractivity contribution in [1.29, 1.82) is 0 Å². The first kappa shape index (κ1) is 9.66. The van der Waals surface area contributed by atoms with Gasteiger partial charge >= 0.3 is 0 Å². The zero-order chi connectivity index (χ0) is 10.5. The fraction of sp³-hybridized carbons (Fsp3) is 0.0714. The van der Waals surface area contributed by atoms with E-state index in [0.717, 1.165) is 17.6 Å². The Morgan fingerprint density at radius 2 is 1.53 bits per heavy atom. The third kappa shape index (κ3) is 2.32. The van der Waals surface area contributed by atoms with E-state index in [1.165, 1.54) is 0 Å². The molecule has 0 radical (unpaired) electrons. The molecule has 0 atom stereocenters. The van der Waals surface area contributed by atoms with Crippen LogP contribution >= 0.6 is 0 Å². The number of ketones is 1. The van der Waals surface area contributed by atoms with Gasteiger partial charge in [-0.2, -0.15) is 0 Å². The zero-order valence-electron chi connectivity index (χ0n) is 8.39. The number of carbonyl (C=O) groups is 1. The molecule has 0 aromatic carbocycles. The van der Waals surface area contributed by atoms with Crippen molar-refractivity contribution in [3.8, 4) is 0 Å². The maximum absolute atomic E-state index is 11.8. The fourth-order valence-electron chi connectivity index (χ4n) is 1.57. The lowest BCUT2D eigenvalue weighted by molar-refractivity contribution is -0.111. The smallest absolute Gasteiger partial charge is 0.186 e. The molecule has 0 bridgehead atoms. The van der Waals surface area contributed by atoms with Gasteiger partial charge in [0.2, 0.25) is 0 Å². The summed E-state index contributed by atoms with van der Waals surface area (Å²) in [6.07, 6.45) is 19.8. The van der Waals surface area contributed by atoms with Crippen LogP contribution in [0, 0.1) is 0 Å². The first-order valence-corrected chi connectivity index (χ1v) is 5.00. The number of allylic oxidation sites excluding steroid dienone is 12. The molecule has 0 saturated carbocycles. The summed E-state index contributed by atoms with van der Waals surface area (Å²) in [6.45, 7) is 0. The number of rotatable bonds is 0. The van der Waals surface area contributed by atoms with Crippen molar-refractivity contribution >= 4 is 5.78 Å². The van der Waals surface area contributed by atoms with Crippen LogP contribution in [-0.2, 0) is 4.79 Å². The van der Waals surface area contributed by atoms with Gasteiger partial charge in [0.15, 0.2) is 5.78 Å². The van der Waals surface area contributed by atoms with E-state index in [1.54, 1.807) is 12.2 Å². The second kappa shape index (κ2) is 4.56. The van der Waals surface area contributed by atoms with Gasteiger partial charge in [0.25, 0.3) is 0 Å². The summed E-state index contributed by atoms with van der Waals surface area (Å²) in [6, 6.07) is 0. The quantitative estimate of drug-likeness (QED) is 0.582. The topological polar surface area (TPSA) is 17.1 Å². The third-order valence-corrected chi connectivity index (χ3v) is 2.34. The second-order valence-electron chi connectivity index (χ2n) is 3.40. The van der Waals surface area contributed by atoms with Crippen molar-refractivity contribution in [3.05, 3.63) is 71.9 Å². The van der Waals surface area contributed by atoms with Crippen LogP contribution in [0.1, 0.15) is 6.42 Å². The van der Waals surface area contributed by atoms with Gasteiger partial charge in [-0.15, -0.1) is 0 Å². The third-order valence-electron chi connectivity index (χ3n) is 2.34. The van der Waals surface area contributed by atoms with Crippen LogP contribution in [0.2, 0.25) is 0 Å². The highest BCUT2D eigenvalue weighted by atomic mass is 16.1. The molecule has 0 saturated heterocycles. The molecule has 0 spiro atoms. The molecule has 74 valence electrons. The second-order valence-corrected chi connectivity index (χ2v) is 3.40. The van der Waals surface area contributed by atoms with E-state index in [4.69, 9.17) is 0 Å². The van der Waals surface area contributed by atoms with Crippen molar-refractivity contribution in [2.24, 2.45) is 0 Å². The van der Waals surface area contributed by atoms with Crippen LogP contribution in [0.25, 0.3) is 0 Å². The average Bonchev–Trinajstić information content (AvgIpc) is 2.18. The number of carbonyl (C=O) groups excluding carboxylic acids is 1. The summed E-state index contributed by atoms with van der Waals surface area (Å²) in [4.78, 5) is 11.8. The standard InChI is InChI=1S/C14H12O/c15-14-11-7-3-5-9-12-8-4-1-2-6-10-13(12)14/h1-8,10-11H,9H2/b2-1-,4-1?,5-3-,6-2?,8-4-,10-6-,11-7-,12-8?,13-10?,13-12-. The summed E-state index contributed by atoms with van der Waals surface area (Å²) in [7, 11) is 0. The Hall–Kier alpha value is -1.89. The fourth-order valence-corrected chi connectivity index (χ4v) is 1.57. The largest absolute Gasteiger partial charge is 0.289 e. The van der Waals surface area contributed by atoms with Gasteiger partial charge in [-0.25, -0.2) is 0 Å². The van der Waals surface area contributed by atoms with Crippen molar-refractivity contribution in [1.82, 2.24) is 0 Å². The van der Waals surface area contributed by atoms with Crippen LogP contribution in [0.15, 0.2) is 71.9 Å². The number of hydrogen-bond acceptors (Lipinski definition) is 1. The van der Waals surface area contributed by atoms with Crippen LogP contribution in [0.5, 0.6) is 0 Å². The Balaban J connectivity index is 2.48. The van der Waals surface area contributed by atoms with Crippen molar-refractivity contribution in [3.63, 3.8) is 0 Å². The van der Waals surface area contributed by atoms with Gasteiger partial charge in [0.1, 0.15) is 0 Å². The Morgan fingerprint density at radius 3 is 2.40 bits per heavy atom. The molecule has 0 amide bonds. The Kier molecular flexibility index (Phi) is 2.93. The van der Waals surface area contributed by atoms with E-state index >= 15 is 0 Å². The molecular weight excluding hydrogens is 184 g/mol. The van der Waals surface area contributed by atoms with Crippen LogP contribution in [-0.4, -0.2) is 5.78 Å². The van der Waals surface area contributed by atoms with Crippen LogP contribution in [0.4, 0.5) is 0 Å². The Labute approximate surface area is 89.5 Å². The van der Waals surface area contributed by atoms with Crippen LogP contribution in [0.3, 0.4) is 0 Å². The van der Waals surface area contributed by atoms with Gasteiger partial charge in [-0.3, -0.25) is 4.79 Å². The normalized spacial score (nSPS) is 35.1. The number of hydrogen-bond donors (Lipinski definition) is 0. The molecule has 2 aliphatic carbocycles. The molecule has 1 heteroatoms. The first-order valence-electron chi connectivity index (χ1n) is 5.00. The average molecular weight is 196 g/mol. The monoisotopic (exact) mass is 196 g/mol. The van der Waals surface area contributed by atoms with Gasteiger partial charge in [0, 0.05) is 5.57 Å². The molecule has 0 heterocycles. The lowest BCUT2D eigenvalue weighted by Gasteiger charge is -2.07. The van der Waals surface area contributed by atoms with Crippen molar-refractivity contribution < 1.29 is 4.79 Å². The lowest BCUT2D eigenvalue weighted by atomic mass is 9.97. The SMILES string of the molecule is O=C1/C=C\C=C/CC2=C1/C=C\C=C/C=C\2. The molecule has 15 heavy (non-hydrogen) atoms. The Morgan fingerprint density at radius 1 is 0.800 bits per heavy atom. The van der Waals surface area contributed by atoms with E-state index in [-0.39, 0.29) is 5.78 Å². The van der Waals surface area contributed by atoms with Crippen molar-refractivity contribution in [2.45, 2.75) is 6.42 Å². The molecule has 2 aliphatic rings. The highest BCUT2D eigenvalue weighted by Crippen LogP contribution is 2.18. The maximum Gasteiger partial charge on any atom is 0.186 e. The summed E-state index contributed by atoms with van der Waals surface area (Å²) in [5.41, 5.74) is 1.86. The lowest BCUT2D eigenvalue weighted by Crippen LogP contribution is -2.01. The maximum atomic E-state index is 11.8. The predicted molar refractivity (Wildman–Crippen MR) is 62.4 cm³/mol. The van der Waals surface area contributed by atoms with E-state index in [0.29, 0.717) is 0 Å². The van der Waals surface area contributed by atoms with E-state index in [1.807, 2.05) is 42.5 Å². The van der Waals surface area contributed by atoms with Gasteiger partial charge < -0.3 is 0 Å². The van der Waals surface area contributed by atoms with Gasteiger partial charge in [-0.1, -0.05) is 54.7 Å². The van der Waals surface area contributed by atoms with Gasteiger partial charge in [-0.05, 0) is 18.1 Å². The summed E-state index contributed by atoms with van der Waals surface area (Å²) >= 11 is 0. The Bertz CT molecular complexity index is 440. The molecule has 0 aromatic rings. The molecule has 1 nitrogen and oxygen atoms in total. The molecule has 2 rings (SSSR count). The molecule has 0 unspecified atom stereocenters. The minimum atomic E-state index is 0.0746. The van der Waals surface area contributed by atoms with E-state index in [9.17, 15) is 4.79 Å². The van der Waals surface area contributed by atoms with Gasteiger partial charge in [0.05, 0.1) is 0 Å². The zero-order valence-corrected chi connectivity index (χ0v) is 8.39. The minimum absolute atomic E-state index is 0.0746. The van der Waals surface area contributed by atoms with E-state index < -0.39 is 0 Å². The first-order chi connectivity index (χ1) is 7.38. The molecule has 0 fully saturated rings.